The van der Waals surface area contributed by atoms with E-state index in [1.54, 1.807) is 18.5 Å². The second-order valence-corrected chi connectivity index (χ2v) is 5.51. The normalized spacial score (nSPS) is 10.2. The van der Waals surface area contributed by atoms with Gasteiger partial charge >= 0.3 is 0 Å². The van der Waals surface area contributed by atoms with Crippen molar-refractivity contribution in [1.29, 1.82) is 0 Å². The Kier molecular flexibility index (Phi) is 4.57. The molecule has 1 N–H and O–H groups in total. The van der Waals surface area contributed by atoms with E-state index < -0.39 is 0 Å². The lowest BCUT2D eigenvalue weighted by Crippen LogP contribution is -2.17. The van der Waals surface area contributed by atoms with Gasteiger partial charge in [0.05, 0.1) is 23.1 Å². The highest BCUT2D eigenvalue weighted by Crippen LogP contribution is 2.24. The molecular weight excluding hydrogens is 344 g/mol. The molecule has 0 atom stereocenters. The van der Waals surface area contributed by atoms with Crippen molar-refractivity contribution in [3.05, 3.63) is 45.9 Å². The van der Waals surface area contributed by atoms with Crippen LogP contribution in [0, 0.1) is 0 Å². The van der Waals surface area contributed by atoms with Gasteiger partial charge in [-0.15, -0.1) is 0 Å². The van der Waals surface area contributed by atoms with Crippen LogP contribution in [0.5, 0.6) is 0 Å². The molecule has 0 aliphatic rings. The molecule has 0 saturated carbocycles. The number of hydrogen-bond acceptors (Lipinski definition) is 4. The Labute approximate surface area is 130 Å². The average Bonchev–Trinajstić information content (AvgIpc) is 2.41. The Morgan fingerprint density at radius 2 is 2.15 bits per heavy atom. The largest absolute Gasteiger partial charge is 0.376 e. The van der Waals surface area contributed by atoms with Crippen LogP contribution in [0.1, 0.15) is 10.4 Å². The van der Waals surface area contributed by atoms with Crippen LogP contribution in [0.3, 0.4) is 0 Å². The van der Waals surface area contributed by atoms with Gasteiger partial charge in [-0.2, -0.15) is 0 Å². The van der Waals surface area contributed by atoms with E-state index in [0.29, 0.717) is 15.7 Å². The van der Waals surface area contributed by atoms with Crippen LogP contribution in [0.2, 0.25) is 5.15 Å². The lowest BCUT2D eigenvalue weighted by atomic mass is 10.2. The summed E-state index contributed by atoms with van der Waals surface area (Å²) >= 11 is 9.21. The van der Waals surface area contributed by atoms with Crippen LogP contribution in [0.25, 0.3) is 0 Å². The van der Waals surface area contributed by atoms with Crippen molar-refractivity contribution in [2.24, 2.45) is 0 Å². The molecule has 2 aromatic rings. The Bertz CT molecular complexity index is 648. The van der Waals surface area contributed by atoms with Gasteiger partial charge in [-0.1, -0.05) is 11.6 Å². The van der Waals surface area contributed by atoms with Gasteiger partial charge in [0, 0.05) is 31.0 Å². The smallest absolute Gasteiger partial charge is 0.258 e. The Hall–Kier alpha value is -1.66. The van der Waals surface area contributed by atoms with Gasteiger partial charge in [-0.05, 0) is 28.1 Å². The third kappa shape index (κ3) is 3.26. The number of nitrogens with one attached hydrogen (secondary N) is 1. The molecule has 7 heteroatoms. The van der Waals surface area contributed by atoms with Gasteiger partial charge in [0.15, 0.2) is 0 Å². The number of hydrogen-bond donors (Lipinski definition) is 1. The summed E-state index contributed by atoms with van der Waals surface area (Å²) in [5, 5.41) is 2.94. The Balaban J connectivity index is 2.31. The van der Waals surface area contributed by atoms with Crippen molar-refractivity contribution in [1.82, 2.24) is 9.97 Å². The van der Waals surface area contributed by atoms with Crippen molar-refractivity contribution in [3.63, 3.8) is 0 Å². The van der Waals surface area contributed by atoms with E-state index in [2.05, 4.69) is 31.2 Å². The number of halogens is 2. The summed E-state index contributed by atoms with van der Waals surface area (Å²) in [7, 11) is 3.78. The third-order valence-electron chi connectivity index (χ3n) is 2.58. The summed E-state index contributed by atoms with van der Waals surface area (Å²) in [6.45, 7) is 0. The minimum absolute atomic E-state index is 0.154. The standard InChI is InChI=1S/C13H12BrClN4O/c1-19(2)11-3-4-16-7-10(11)18-13(20)9-5-8(14)6-17-12(9)15/h3-7H,1-2H3,(H,18,20). The second-order valence-electron chi connectivity index (χ2n) is 4.23. The van der Waals surface area contributed by atoms with Crippen molar-refractivity contribution >= 4 is 44.8 Å². The topological polar surface area (TPSA) is 58.1 Å². The SMILES string of the molecule is CN(C)c1ccncc1NC(=O)c1cc(Br)cnc1Cl. The lowest BCUT2D eigenvalue weighted by molar-refractivity contribution is 0.102. The average molecular weight is 356 g/mol. The van der Waals surface area contributed by atoms with Crippen molar-refractivity contribution in [2.75, 3.05) is 24.3 Å². The van der Waals surface area contributed by atoms with Crippen LogP contribution in [-0.2, 0) is 0 Å². The van der Waals surface area contributed by atoms with E-state index >= 15 is 0 Å². The first-order valence-corrected chi connectivity index (χ1v) is 6.90. The van der Waals surface area contributed by atoms with Crippen LogP contribution < -0.4 is 10.2 Å². The molecule has 0 aromatic carbocycles. The van der Waals surface area contributed by atoms with Gasteiger partial charge < -0.3 is 10.2 Å². The zero-order valence-electron chi connectivity index (χ0n) is 10.9. The van der Waals surface area contributed by atoms with Crippen LogP contribution >= 0.6 is 27.5 Å². The maximum atomic E-state index is 12.3. The van der Waals surface area contributed by atoms with E-state index in [1.165, 1.54) is 6.20 Å². The first-order chi connectivity index (χ1) is 9.49. The van der Waals surface area contributed by atoms with Crippen LogP contribution in [0.4, 0.5) is 11.4 Å². The molecule has 104 valence electrons. The van der Waals surface area contributed by atoms with Gasteiger partial charge in [-0.3, -0.25) is 9.78 Å². The molecule has 2 heterocycles. The van der Waals surface area contributed by atoms with Crippen LogP contribution in [-0.4, -0.2) is 30.0 Å². The zero-order chi connectivity index (χ0) is 14.7. The van der Waals surface area contributed by atoms with Gasteiger partial charge in [0.1, 0.15) is 5.15 Å². The van der Waals surface area contributed by atoms with E-state index in [1.807, 2.05) is 25.1 Å². The molecule has 0 aliphatic carbocycles. The highest BCUT2D eigenvalue weighted by atomic mass is 79.9. The van der Waals surface area contributed by atoms with Crippen molar-refractivity contribution < 1.29 is 4.79 Å². The molecule has 0 radical (unpaired) electrons. The van der Waals surface area contributed by atoms with Crippen molar-refractivity contribution in [3.8, 4) is 0 Å². The van der Waals surface area contributed by atoms with Gasteiger partial charge in [0.2, 0.25) is 0 Å². The second kappa shape index (κ2) is 6.19. The minimum atomic E-state index is -0.333. The highest BCUT2D eigenvalue weighted by molar-refractivity contribution is 9.10. The predicted octanol–water partition coefficient (Wildman–Crippen LogP) is 3.21. The predicted molar refractivity (Wildman–Crippen MR) is 83.5 cm³/mol. The van der Waals surface area contributed by atoms with E-state index in [9.17, 15) is 4.79 Å². The van der Waals surface area contributed by atoms with Gasteiger partial charge in [-0.25, -0.2) is 4.98 Å². The van der Waals surface area contributed by atoms with Crippen LogP contribution in [0.15, 0.2) is 35.2 Å². The minimum Gasteiger partial charge on any atom is -0.376 e. The molecule has 0 aliphatic heterocycles. The fourth-order valence-corrected chi connectivity index (χ4v) is 2.17. The zero-order valence-corrected chi connectivity index (χ0v) is 13.2. The summed E-state index contributed by atoms with van der Waals surface area (Å²) in [5.74, 6) is -0.333. The van der Waals surface area contributed by atoms with E-state index in [-0.39, 0.29) is 11.1 Å². The van der Waals surface area contributed by atoms with E-state index in [4.69, 9.17) is 11.6 Å². The number of nitrogens with zero attached hydrogens (tertiary/aromatic N) is 3. The number of rotatable bonds is 3. The summed E-state index contributed by atoms with van der Waals surface area (Å²) in [6, 6.07) is 3.44. The Morgan fingerprint density at radius 3 is 2.85 bits per heavy atom. The molecule has 0 unspecified atom stereocenters. The van der Waals surface area contributed by atoms with Gasteiger partial charge in [0.25, 0.3) is 5.91 Å². The lowest BCUT2D eigenvalue weighted by Gasteiger charge is -2.17. The monoisotopic (exact) mass is 354 g/mol. The molecule has 0 fully saturated rings. The number of amides is 1. The molecule has 2 aromatic heterocycles. The highest BCUT2D eigenvalue weighted by Gasteiger charge is 2.14. The molecule has 0 spiro atoms. The first kappa shape index (κ1) is 14.7. The van der Waals surface area contributed by atoms with E-state index in [0.717, 1.165) is 5.69 Å². The number of anilines is 2. The number of aromatic nitrogens is 2. The quantitative estimate of drug-likeness (QED) is 0.859. The number of carbonyl (C=O) groups excluding carboxylic acids is 1. The van der Waals surface area contributed by atoms with Crippen molar-refractivity contribution in [2.45, 2.75) is 0 Å². The molecule has 0 saturated heterocycles. The summed E-state index contributed by atoms with van der Waals surface area (Å²) in [5.41, 5.74) is 1.76. The molecular formula is C13H12BrClN4O. The summed E-state index contributed by atoms with van der Waals surface area (Å²) in [4.78, 5) is 22.1. The molecule has 5 nitrogen and oxygen atoms in total. The fraction of sp³-hybridized carbons (Fsp3) is 0.154. The third-order valence-corrected chi connectivity index (χ3v) is 3.31. The number of pyridine rings is 2. The summed E-state index contributed by atoms with van der Waals surface area (Å²) < 4.78 is 0.686. The molecule has 20 heavy (non-hydrogen) atoms. The number of carbonyl (C=O) groups is 1. The summed E-state index contributed by atoms with van der Waals surface area (Å²) in [6.07, 6.45) is 4.79. The Morgan fingerprint density at radius 1 is 1.40 bits per heavy atom. The fourth-order valence-electron chi connectivity index (χ4n) is 1.64. The first-order valence-electron chi connectivity index (χ1n) is 5.73. The molecule has 0 bridgehead atoms. The molecule has 1 amide bonds. The maximum absolute atomic E-state index is 12.3. The molecule has 2 rings (SSSR count). The maximum Gasteiger partial charge on any atom is 0.258 e.